The topological polar surface area (TPSA) is 12.0 Å². The first kappa shape index (κ1) is 12.3. The van der Waals surface area contributed by atoms with Gasteiger partial charge in [-0.3, -0.25) is 0 Å². The van der Waals surface area contributed by atoms with Crippen LogP contribution < -0.4 is 5.32 Å². The summed E-state index contributed by atoms with van der Waals surface area (Å²) < 4.78 is 1.20. The monoisotopic (exact) mass is 315 g/mol. The summed E-state index contributed by atoms with van der Waals surface area (Å²) in [6.45, 7) is 4.42. The largest absolute Gasteiger partial charge is 0.302 e. The highest BCUT2D eigenvalue weighted by Crippen LogP contribution is 2.30. The first-order chi connectivity index (χ1) is 7.68. The molecule has 2 aromatic rings. The Balaban J connectivity index is 2.03. The summed E-state index contributed by atoms with van der Waals surface area (Å²) in [5.74, 6) is 0. The van der Waals surface area contributed by atoms with Crippen LogP contribution >= 0.6 is 38.6 Å². The molecule has 0 aromatic carbocycles. The molecule has 0 radical (unpaired) electrons. The summed E-state index contributed by atoms with van der Waals surface area (Å²) in [7, 11) is 0. The Morgan fingerprint density at radius 3 is 2.50 bits per heavy atom. The van der Waals surface area contributed by atoms with Crippen LogP contribution in [0.5, 0.6) is 0 Å². The molecule has 0 aliphatic carbocycles. The van der Waals surface area contributed by atoms with E-state index in [1.807, 2.05) is 0 Å². The van der Waals surface area contributed by atoms with Crippen molar-refractivity contribution in [2.45, 2.75) is 25.9 Å². The van der Waals surface area contributed by atoms with Crippen molar-refractivity contribution in [1.29, 1.82) is 0 Å². The Kier molecular flexibility index (Phi) is 4.19. The van der Waals surface area contributed by atoms with Crippen LogP contribution in [0.4, 0.5) is 0 Å². The summed E-state index contributed by atoms with van der Waals surface area (Å²) in [5.41, 5.74) is 0. The molecule has 2 unspecified atom stereocenters. The van der Waals surface area contributed by atoms with Gasteiger partial charge in [0, 0.05) is 26.3 Å². The van der Waals surface area contributed by atoms with Crippen LogP contribution in [0.2, 0.25) is 0 Å². The maximum Gasteiger partial charge on any atom is 0.0402 e. The molecule has 4 heteroatoms. The lowest BCUT2D eigenvalue weighted by atomic mass is 10.2. The lowest BCUT2D eigenvalue weighted by molar-refractivity contribution is 0.504. The van der Waals surface area contributed by atoms with E-state index in [9.17, 15) is 0 Å². The van der Waals surface area contributed by atoms with E-state index in [-0.39, 0.29) is 0 Å². The Morgan fingerprint density at radius 1 is 1.12 bits per heavy atom. The van der Waals surface area contributed by atoms with E-state index < -0.39 is 0 Å². The summed E-state index contributed by atoms with van der Waals surface area (Å²) >= 11 is 7.17. The van der Waals surface area contributed by atoms with Crippen LogP contribution in [0.1, 0.15) is 35.7 Å². The van der Waals surface area contributed by atoms with Crippen LogP contribution in [0.25, 0.3) is 0 Å². The van der Waals surface area contributed by atoms with E-state index in [1.54, 1.807) is 22.7 Å². The summed E-state index contributed by atoms with van der Waals surface area (Å²) in [6, 6.07) is 7.17. The molecule has 0 amide bonds. The molecule has 0 aliphatic heterocycles. The fourth-order valence-corrected chi connectivity index (χ4v) is 4.16. The summed E-state index contributed by atoms with van der Waals surface area (Å²) in [4.78, 5) is 2.75. The van der Waals surface area contributed by atoms with Gasteiger partial charge >= 0.3 is 0 Å². The molecule has 0 saturated carbocycles. The van der Waals surface area contributed by atoms with E-state index in [0.717, 1.165) is 0 Å². The van der Waals surface area contributed by atoms with Gasteiger partial charge in [-0.1, -0.05) is 6.07 Å². The van der Waals surface area contributed by atoms with Crippen molar-refractivity contribution < 1.29 is 0 Å². The highest BCUT2D eigenvalue weighted by atomic mass is 79.9. The zero-order chi connectivity index (χ0) is 11.5. The van der Waals surface area contributed by atoms with Crippen molar-refractivity contribution >= 4 is 38.6 Å². The first-order valence-electron chi connectivity index (χ1n) is 5.21. The predicted octanol–water partition coefficient (Wildman–Crippen LogP) is 4.98. The first-order valence-corrected chi connectivity index (χ1v) is 7.76. The van der Waals surface area contributed by atoms with Crippen molar-refractivity contribution in [1.82, 2.24) is 5.32 Å². The molecule has 86 valence electrons. The Bertz CT molecular complexity index is 436. The minimum absolute atomic E-state index is 0.381. The third-order valence-corrected chi connectivity index (χ3v) is 5.62. The fourth-order valence-electron chi connectivity index (χ4n) is 1.68. The third kappa shape index (κ3) is 2.74. The van der Waals surface area contributed by atoms with Gasteiger partial charge in [0.05, 0.1) is 0 Å². The van der Waals surface area contributed by atoms with E-state index in [0.29, 0.717) is 12.1 Å². The van der Waals surface area contributed by atoms with Gasteiger partial charge in [-0.2, -0.15) is 0 Å². The van der Waals surface area contributed by atoms with Gasteiger partial charge in [0.15, 0.2) is 0 Å². The second-order valence-electron chi connectivity index (χ2n) is 3.76. The Hall–Kier alpha value is -0.160. The smallest absolute Gasteiger partial charge is 0.0402 e. The fraction of sp³-hybridized carbons (Fsp3) is 0.333. The minimum atomic E-state index is 0.381. The van der Waals surface area contributed by atoms with Crippen molar-refractivity contribution in [3.8, 4) is 0 Å². The molecule has 1 N–H and O–H groups in total. The number of halogens is 1. The Labute approximate surface area is 113 Å². The average molecular weight is 316 g/mol. The Morgan fingerprint density at radius 2 is 1.94 bits per heavy atom. The second-order valence-corrected chi connectivity index (χ2v) is 6.54. The van der Waals surface area contributed by atoms with Crippen molar-refractivity contribution in [2.75, 3.05) is 0 Å². The highest BCUT2D eigenvalue weighted by Gasteiger charge is 2.14. The number of nitrogens with one attached hydrogen (secondary N) is 1. The molecule has 2 rings (SSSR count). The number of thiophene rings is 2. The van der Waals surface area contributed by atoms with E-state index in [4.69, 9.17) is 0 Å². The van der Waals surface area contributed by atoms with Crippen molar-refractivity contribution in [3.63, 3.8) is 0 Å². The second kappa shape index (κ2) is 5.45. The molecule has 0 fully saturated rings. The van der Waals surface area contributed by atoms with Crippen LogP contribution in [-0.2, 0) is 0 Å². The molecule has 1 nitrogen and oxygen atoms in total. The quantitative estimate of drug-likeness (QED) is 0.838. The molecular formula is C12H14BrNS2. The van der Waals surface area contributed by atoms with E-state index in [2.05, 4.69) is 64.1 Å². The number of hydrogen-bond acceptors (Lipinski definition) is 3. The normalized spacial score (nSPS) is 14.9. The number of rotatable bonds is 4. The molecule has 0 spiro atoms. The van der Waals surface area contributed by atoms with Crippen LogP contribution in [0.3, 0.4) is 0 Å². The van der Waals surface area contributed by atoms with Crippen LogP contribution in [0.15, 0.2) is 33.4 Å². The van der Waals surface area contributed by atoms with Gasteiger partial charge < -0.3 is 5.32 Å². The predicted molar refractivity (Wildman–Crippen MR) is 76.3 cm³/mol. The van der Waals surface area contributed by atoms with Gasteiger partial charge in [0.1, 0.15) is 0 Å². The SMILES string of the molecule is CC(NC(C)c1sccc1Br)c1cccs1. The van der Waals surface area contributed by atoms with Crippen LogP contribution in [0, 0.1) is 0 Å². The molecule has 0 bridgehead atoms. The molecule has 2 aromatic heterocycles. The van der Waals surface area contributed by atoms with Crippen LogP contribution in [-0.4, -0.2) is 0 Å². The third-order valence-electron chi connectivity index (χ3n) is 2.51. The molecule has 16 heavy (non-hydrogen) atoms. The van der Waals surface area contributed by atoms with Gasteiger partial charge in [-0.05, 0) is 52.7 Å². The highest BCUT2D eigenvalue weighted by molar-refractivity contribution is 9.10. The van der Waals surface area contributed by atoms with Crippen molar-refractivity contribution in [3.05, 3.63) is 43.2 Å². The van der Waals surface area contributed by atoms with Gasteiger partial charge in [-0.25, -0.2) is 0 Å². The van der Waals surface area contributed by atoms with E-state index >= 15 is 0 Å². The molecule has 2 heterocycles. The number of hydrogen-bond donors (Lipinski definition) is 1. The van der Waals surface area contributed by atoms with E-state index in [1.165, 1.54) is 14.2 Å². The zero-order valence-electron chi connectivity index (χ0n) is 9.24. The summed E-state index contributed by atoms with van der Waals surface area (Å²) in [5, 5.41) is 7.86. The maximum absolute atomic E-state index is 3.62. The minimum Gasteiger partial charge on any atom is -0.302 e. The van der Waals surface area contributed by atoms with Crippen molar-refractivity contribution in [2.24, 2.45) is 0 Å². The van der Waals surface area contributed by atoms with Gasteiger partial charge in [0.2, 0.25) is 0 Å². The molecular weight excluding hydrogens is 302 g/mol. The molecule has 2 atom stereocenters. The maximum atomic E-state index is 3.62. The molecule has 0 aliphatic rings. The summed E-state index contributed by atoms with van der Waals surface area (Å²) in [6.07, 6.45) is 0. The molecule has 0 saturated heterocycles. The lowest BCUT2D eigenvalue weighted by Crippen LogP contribution is -2.21. The average Bonchev–Trinajstić information content (AvgIpc) is 2.86. The van der Waals surface area contributed by atoms with Gasteiger partial charge in [0.25, 0.3) is 0 Å². The standard InChI is InChI=1S/C12H14BrNS2/c1-8(11-4-3-6-15-11)14-9(2)12-10(13)5-7-16-12/h3-9,14H,1-2H3. The lowest BCUT2D eigenvalue weighted by Gasteiger charge is -2.18. The zero-order valence-corrected chi connectivity index (χ0v) is 12.5. The van der Waals surface area contributed by atoms with Gasteiger partial charge in [-0.15, -0.1) is 22.7 Å².